The Morgan fingerprint density at radius 1 is 1.07 bits per heavy atom. The van der Waals surface area contributed by atoms with E-state index in [0.29, 0.717) is 0 Å². The van der Waals surface area contributed by atoms with Crippen LogP contribution in [0.2, 0.25) is 0 Å². The number of hydrogen-bond donors (Lipinski definition) is 2. The first-order chi connectivity index (χ1) is 12.8. The van der Waals surface area contributed by atoms with Crippen molar-refractivity contribution in [2.45, 2.75) is 32.9 Å². The quantitative estimate of drug-likeness (QED) is 0.225. The molecule has 27 heavy (non-hydrogen) atoms. The number of benzene rings is 1. The highest BCUT2D eigenvalue weighted by Crippen LogP contribution is 2.15. The molecule has 0 fully saturated rings. The highest BCUT2D eigenvalue weighted by molar-refractivity contribution is 14.0. The Bertz CT molecular complexity index is 839. The first-order valence-corrected chi connectivity index (χ1v) is 9.12. The molecule has 7 nitrogen and oxygen atoms in total. The standard InChI is InChI=1S/C19H27N7.HI/c1-16-24-17-8-3-4-9-18(17)26(16)15-6-11-22-19(20-2)21-10-5-13-25-14-7-12-23-25;/h3-4,7-9,12,14H,5-6,10-11,13,15H2,1-2H3,(H2,20,21,22);1H. The summed E-state index contributed by atoms with van der Waals surface area (Å²) >= 11 is 0. The summed E-state index contributed by atoms with van der Waals surface area (Å²) in [6.07, 6.45) is 5.80. The molecular weight excluding hydrogens is 453 g/mol. The summed E-state index contributed by atoms with van der Waals surface area (Å²) in [5, 5.41) is 10.9. The van der Waals surface area contributed by atoms with Gasteiger partial charge in [0.2, 0.25) is 0 Å². The summed E-state index contributed by atoms with van der Waals surface area (Å²) < 4.78 is 4.22. The van der Waals surface area contributed by atoms with E-state index < -0.39 is 0 Å². The summed E-state index contributed by atoms with van der Waals surface area (Å²) in [5.41, 5.74) is 2.26. The second kappa shape index (κ2) is 10.9. The first-order valence-electron chi connectivity index (χ1n) is 9.12. The van der Waals surface area contributed by atoms with Gasteiger partial charge in [-0.25, -0.2) is 4.98 Å². The van der Waals surface area contributed by atoms with E-state index in [-0.39, 0.29) is 24.0 Å². The van der Waals surface area contributed by atoms with Crippen LogP contribution >= 0.6 is 24.0 Å². The van der Waals surface area contributed by atoms with E-state index in [1.165, 1.54) is 5.52 Å². The minimum absolute atomic E-state index is 0. The molecule has 8 heteroatoms. The van der Waals surface area contributed by atoms with Crippen LogP contribution in [-0.4, -0.2) is 45.4 Å². The van der Waals surface area contributed by atoms with Gasteiger partial charge in [0.25, 0.3) is 0 Å². The van der Waals surface area contributed by atoms with Gasteiger partial charge in [0.1, 0.15) is 5.82 Å². The lowest BCUT2D eigenvalue weighted by atomic mass is 10.3. The Labute approximate surface area is 177 Å². The number of rotatable bonds is 8. The topological polar surface area (TPSA) is 72.1 Å². The number of nitrogens with one attached hydrogen (secondary N) is 2. The smallest absolute Gasteiger partial charge is 0.190 e. The van der Waals surface area contributed by atoms with Gasteiger partial charge in [-0.1, -0.05) is 12.1 Å². The lowest BCUT2D eigenvalue weighted by Gasteiger charge is -2.12. The minimum atomic E-state index is 0. The van der Waals surface area contributed by atoms with Crippen molar-refractivity contribution in [3.63, 3.8) is 0 Å². The fourth-order valence-electron chi connectivity index (χ4n) is 3.02. The molecule has 146 valence electrons. The molecule has 3 rings (SSSR count). The Morgan fingerprint density at radius 2 is 1.81 bits per heavy atom. The van der Waals surface area contributed by atoms with Gasteiger partial charge < -0.3 is 15.2 Å². The van der Waals surface area contributed by atoms with Gasteiger partial charge >= 0.3 is 0 Å². The van der Waals surface area contributed by atoms with Crippen LogP contribution in [0, 0.1) is 6.92 Å². The predicted molar refractivity (Wildman–Crippen MR) is 121 cm³/mol. The summed E-state index contributed by atoms with van der Waals surface area (Å²) in [5.74, 6) is 1.91. The second-order valence-corrected chi connectivity index (χ2v) is 6.20. The molecule has 0 saturated heterocycles. The second-order valence-electron chi connectivity index (χ2n) is 6.20. The zero-order valence-electron chi connectivity index (χ0n) is 15.9. The van der Waals surface area contributed by atoms with E-state index in [1.807, 2.05) is 23.0 Å². The SMILES string of the molecule is CN=C(NCCCn1cccn1)NCCCn1c(C)nc2ccccc21.I. The van der Waals surface area contributed by atoms with Crippen molar-refractivity contribution < 1.29 is 0 Å². The number of hydrogen-bond acceptors (Lipinski definition) is 3. The number of fused-ring (bicyclic) bond motifs is 1. The van der Waals surface area contributed by atoms with Gasteiger partial charge in [-0.2, -0.15) is 5.10 Å². The third kappa shape index (κ3) is 5.95. The number of aryl methyl sites for hydroxylation is 3. The maximum Gasteiger partial charge on any atom is 0.190 e. The van der Waals surface area contributed by atoms with Gasteiger partial charge in [0, 0.05) is 45.6 Å². The molecular formula is C19H28IN7. The molecule has 0 aliphatic heterocycles. The molecule has 0 radical (unpaired) electrons. The van der Waals surface area contributed by atoms with Crippen LogP contribution in [0.4, 0.5) is 0 Å². The number of halogens is 1. The Balaban J connectivity index is 0.00000261. The largest absolute Gasteiger partial charge is 0.356 e. The Hall–Kier alpha value is -2.10. The summed E-state index contributed by atoms with van der Waals surface area (Å²) in [4.78, 5) is 8.89. The third-order valence-corrected chi connectivity index (χ3v) is 4.34. The van der Waals surface area contributed by atoms with E-state index in [4.69, 9.17) is 0 Å². The van der Waals surface area contributed by atoms with E-state index in [1.54, 1.807) is 13.2 Å². The predicted octanol–water partition coefficient (Wildman–Crippen LogP) is 2.80. The van der Waals surface area contributed by atoms with Crippen LogP contribution in [0.1, 0.15) is 18.7 Å². The normalized spacial score (nSPS) is 11.4. The summed E-state index contributed by atoms with van der Waals surface area (Å²) in [6, 6.07) is 10.2. The highest BCUT2D eigenvalue weighted by Gasteiger charge is 2.06. The van der Waals surface area contributed by atoms with E-state index in [0.717, 1.165) is 56.3 Å². The number of nitrogens with zero attached hydrogens (tertiary/aromatic N) is 5. The molecule has 0 atom stereocenters. The number of imidazole rings is 1. The molecule has 0 spiro atoms. The van der Waals surface area contributed by atoms with Gasteiger partial charge in [-0.3, -0.25) is 9.67 Å². The number of aliphatic imine (C=N–C) groups is 1. The zero-order valence-corrected chi connectivity index (χ0v) is 18.3. The molecule has 0 amide bonds. The Morgan fingerprint density at radius 3 is 2.52 bits per heavy atom. The van der Waals surface area contributed by atoms with Crippen molar-refractivity contribution in [2.24, 2.45) is 4.99 Å². The van der Waals surface area contributed by atoms with Gasteiger partial charge in [-0.05, 0) is 38.0 Å². The van der Waals surface area contributed by atoms with Gasteiger partial charge in [0.15, 0.2) is 5.96 Å². The molecule has 0 aliphatic rings. The lowest BCUT2D eigenvalue weighted by Crippen LogP contribution is -2.38. The monoisotopic (exact) mass is 481 g/mol. The molecule has 0 bridgehead atoms. The van der Waals surface area contributed by atoms with Crippen LogP contribution in [-0.2, 0) is 13.1 Å². The van der Waals surface area contributed by atoms with Crippen molar-refractivity contribution in [2.75, 3.05) is 20.1 Å². The zero-order chi connectivity index (χ0) is 18.2. The molecule has 3 aromatic rings. The molecule has 2 N–H and O–H groups in total. The number of para-hydroxylation sites is 2. The van der Waals surface area contributed by atoms with Crippen LogP contribution in [0.15, 0.2) is 47.7 Å². The lowest BCUT2D eigenvalue weighted by molar-refractivity contribution is 0.568. The summed E-state index contributed by atoms with van der Waals surface area (Å²) in [6.45, 7) is 5.64. The maximum atomic E-state index is 4.61. The Kier molecular flexibility index (Phi) is 8.56. The van der Waals surface area contributed by atoms with Crippen molar-refractivity contribution in [1.29, 1.82) is 0 Å². The molecule has 2 heterocycles. The van der Waals surface area contributed by atoms with Gasteiger partial charge in [0.05, 0.1) is 11.0 Å². The fraction of sp³-hybridized carbons (Fsp3) is 0.421. The molecule has 0 aliphatic carbocycles. The van der Waals surface area contributed by atoms with Crippen molar-refractivity contribution in [3.8, 4) is 0 Å². The van der Waals surface area contributed by atoms with Crippen molar-refractivity contribution in [3.05, 3.63) is 48.5 Å². The van der Waals surface area contributed by atoms with E-state index >= 15 is 0 Å². The van der Waals surface area contributed by atoms with E-state index in [2.05, 4.69) is 55.4 Å². The molecule has 2 aromatic heterocycles. The van der Waals surface area contributed by atoms with Gasteiger partial charge in [-0.15, -0.1) is 24.0 Å². The minimum Gasteiger partial charge on any atom is -0.356 e. The summed E-state index contributed by atoms with van der Waals surface area (Å²) in [7, 11) is 1.80. The molecule has 0 saturated carbocycles. The average molecular weight is 481 g/mol. The third-order valence-electron chi connectivity index (χ3n) is 4.34. The number of guanidine groups is 1. The van der Waals surface area contributed by atoms with Crippen LogP contribution < -0.4 is 10.6 Å². The average Bonchev–Trinajstić information content (AvgIpc) is 3.28. The molecule has 0 unspecified atom stereocenters. The van der Waals surface area contributed by atoms with Crippen molar-refractivity contribution >= 4 is 41.0 Å². The first kappa shape index (κ1) is 21.2. The van der Waals surface area contributed by atoms with Crippen LogP contribution in [0.5, 0.6) is 0 Å². The highest BCUT2D eigenvalue weighted by atomic mass is 127. The maximum absolute atomic E-state index is 4.61. The fourth-order valence-corrected chi connectivity index (χ4v) is 3.02. The number of aromatic nitrogens is 4. The molecule has 1 aromatic carbocycles. The van der Waals surface area contributed by atoms with Crippen LogP contribution in [0.3, 0.4) is 0 Å². The van der Waals surface area contributed by atoms with E-state index in [9.17, 15) is 0 Å². The van der Waals surface area contributed by atoms with Crippen molar-refractivity contribution in [1.82, 2.24) is 30.0 Å². The van der Waals surface area contributed by atoms with Crippen LogP contribution in [0.25, 0.3) is 11.0 Å².